The number of β-lactam (4-membered cyclic amide) rings is 1. The Balaban J connectivity index is 0.00000161. The Labute approximate surface area is 134 Å². The van der Waals surface area contributed by atoms with Crippen LogP contribution in [0.2, 0.25) is 0 Å². The molecule has 2 aromatic carbocycles. The van der Waals surface area contributed by atoms with E-state index in [2.05, 4.69) is 0 Å². The molecule has 5 heteroatoms. The zero-order chi connectivity index (χ0) is 14.2. The molecule has 2 atom stereocenters. The van der Waals surface area contributed by atoms with Crippen LogP contribution >= 0.6 is 24.2 Å². The Morgan fingerprint density at radius 3 is 2.10 bits per heavy atom. The summed E-state index contributed by atoms with van der Waals surface area (Å²) in [5, 5.41) is 0. The minimum atomic E-state index is -0.514. The molecule has 110 valence electrons. The average molecular weight is 321 g/mol. The number of carbonyl (C=O) groups excluding carboxylic acids is 1. The zero-order valence-corrected chi connectivity index (χ0v) is 13.2. The molecule has 0 saturated carbocycles. The topological polar surface area (TPSA) is 46.3 Å². The van der Waals surface area contributed by atoms with Gasteiger partial charge in [-0.1, -0.05) is 48.5 Å². The fraction of sp³-hybridized carbons (Fsp3) is 0.188. The maximum Gasteiger partial charge on any atom is 0.249 e. The highest BCUT2D eigenvalue weighted by Crippen LogP contribution is 2.50. The van der Waals surface area contributed by atoms with Gasteiger partial charge in [-0.2, -0.15) is 0 Å². The molecule has 0 bridgehead atoms. The molecule has 21 heavy (non-hydrogen) atoms. The van der Waals surface area contributed by atoms with E-state index in [9.17, 15) is 4.79 Å². The molecule has 1 saturated heterocycles. The highest BCUT2D eigenvalue weighted by atomic mass is 35.5. The molecule has 0 radical (unpaired) electrons. The lowest BCUT2D eigenvalue weighted by molar-refractivity contribution is -0.127. The third-order valence-electron chi connectivity index (χ3n) is 3.75. The second kappa shape index (κ2) is 6.10. The maximum atomic E-state index is 12.3. The number of para-hydroxylation sites is 1. The van der Waals surface area contributed by atoms with E-state index < -0.39 is 10.9 Å². The number of halogens is 1. The van der Waals surface area contributed by atoms with Crippen molar-refractivity contribution in [2.45, 2.75) is 10.9 Å². The van der Waals surface area contributed by atoms with E-state index in [0.717, 1.165) is 11.3 Å². The molecule has 1 heterocycles. The van der Waals surface area contributed by atoms with E-state index in [1.165, 1.54) is 0 Å². The Kier molecular flexibility index (Phi) is 4.61. The molecule has 0 aliphatic carbocycles. The smallest absolute Gasteiger partial charge is 0.249 e. The molecular formula is C16H17ClN2OS. The van der Waals surface area contributed by atoms with E-state index in [-0.39, 0.29) is 18.3 Å². The average Bonchev–Trinajstić information content (AvgIpc) is 2.53. The van der Waals surface area contributed by atoms with Crippen molar-refractivity contribution < 1.29 is 4.79 Å². The highest BCUT2D eigenvalue weighted by Gasteiger charge is 2.59. The van der Waals surface area contributed by atoms with Gasteiger partial charge in [0.05, 0.1) is 0 Å². The molecule has 1 fully saturated rings. The first-order valence-electron chi connectivity index (χ1n) is 6.47. The van der Waals surface area contributed by atoms with Crippen LogP contribution in [0.5, 0.6) is 0 Å². The van der Waals surface area contributed by atoms with Gasteiger partial charge in [-0.05, 0) is 24.0 Å². The fourth-order valence-corrected chi connectivity index (χ4v) is 3.87. The summed E-state index contributed by atoms with van der Waals surface area (Å²) in [6.45, 7) is 0. The second-order valence-corrected chi connectivity index (χ2v) is 5.78. The first kappa shape index (κ1) is 15.9. The summed E-state index contributed by atoms with van der Waals surface area (Å²) < 4.78 is 0. The van der Waals surface area contributed by atoms with Gasteiger partial charge < -0.3 is 5.73 Å². The quantitative estimate of drug-likeness (QED) is 0.884. The second-order valence-electron chi connectivity index (χ2n) is 4.75. The number of anilines is 1. The van der Waals surface area contributed by atoms with E-state index in [1.54, 1.807) is 16.7 Å². The van der Waals surface area contributed by atoms with Gasteiger partial charge in [0.15, 0.2) is 0 Å². The highest BCUT2D eigenvalue weighted by molar-refractivity contribution is 7.99. The summed E-state index contributed by atoms with van der Waals surface area (Å²) in [6, 6.07) is 19.2. The summed E-state index contributed by atoms with van der Waals surface area (Å²) in [5.74, 6) is -0.0330. The van der Waals surface area contributed by atoms with Crippen molar-refractivity contribution in [3.63, 3.8) is 0 Å². The number of benzene rings is 2. The van der Waals surface area contributed by atoms with Crippen molar-refractivity contribution in [2.24, 2.45) is 5.73 Å². The largest absolute Gasteiger partial charge is 0.317 e. The van der Waals surface area contributed by atoms with Crippen molar-refractivity contribution >= 4 is 35.8 Å². The van der Waals surface area contributed by atoms with Crippen LogP contribution < -0.4 is 10.6 Å². The van der Waals surface area contributed by atoms with Gasteiger partial charge in [-0.25, -0.2) is 0 Å². The van der Waals surface area contributed by atoms with Crippen LogP contribution in [0.3, 0.4) is 0 Å². The van der Waals surface area contributed by atoms with E-state index in [0.29, 0.717) is 0 Å². The third kappa shape index (κ3) is 2.24. The van der Waals surface area contributed by atoms with Crippen LogP contribution in [0.25, 0.3) is 0 Å². The Morgan fingerprint density at radius 1 is 1.05 bits per heavy atom. The predicted octanol–water partition coefficient (Wildman–Crippen LogP) is 3.00. The van der Waals surface area contributed by atoms with Crippen LogP contribution in [0.15, 0.2) is 60.7 Å². The molecule has 1 aliphatic rings. The van der Waals surface area contributed by atoms with Crippen molar-refractivity contribution in [2.75, 3.05) is 11.2 Å². The van der Waals surface area contributed by atoms with Gasteiger partial charge >= 0.3 is 0 Å². The zero-order valence-electron chi connectivity index (χ0n) is 11.6. The van der Waals surface area contributed by atoms with Crippen molar-refractivity contribution in [1.29, 1.82) is 0 Å². The molecule has 2 N–H and O–H groups in total. The van der Waals surface area contributed by atoms with Crippen LogP contribution in [-0.2, 0) is 9.67 Å². The standard InChI is InChI=1S/C16H16N2OS.ClH/c1-20-16(12-8-4-2-5-9-12)14(17)15(19)18(16)13-10-6-3-7-11-13;/h2-11,14H,17H2,1H3;1H/t14-,16-;/m0./s1. The minimum Gasteiger partial charge on any atom is -0.317 e. The normalized spacial score (nSPS) is 24.2. The monoisotopic (exact) mass is 320 g/mol. The van der Waals surface area contributed by atoms with Crippen molar-refractivity contribution in [3.8, 4) is 0 Å². The molecule has 1 amide bonds. The fourth-order valence-electron chi connectivity index (χ4n) is 2.76. The van der Waals surface area contributed by atoms with Gasteiger partial charge in [0.2, 0.25) is 5.91 Å². The van der Waals surface area contributed by atoms with E-state index in [4.69, 9.17) is 5.73 Å². The Hall–Kier alpha value is -1.49. The van der Waals surface area contributed by atoms with Crippen LogP contribution in [0.4, 0.5) is 5.69 Å². The number of amides is 1. The molecule has 3 nitrogen and oxygen atoms in total. The number of hydrogen-bond acceptors (Lipinski definition) is 3. The molecule has 3 rings (SSSR count). The molecule has 1 aliphatic heterocycles. The molecule has 2 aromatic rings. The molecule has 0 unspecified atom stereocenters. The van der Waals surface area contributed by atoms with Gasteiger partial charge in [-0.15, -0.1) is 24.2 Å². The first-order valence-corrected chi connectivity index (χ1v) is 7.69. The number of thioether (sulfide) groups is 1. The summed E-state index contributed by atoms with van der Waals surface area (Å²) in [7, 11) is 0. The summed E-state index contributed by atoms with van der Waals surface area (Å²) in [6.07, 6.45) is 2.00. The van der Waals surface area contributed by atoms with Gasteiger partial charge in [0.25, 0.3) is 0 Å². The minimum absolute atomic E-state index is 0. The molecular weight excluding hydrogens is 304 g/mol. The number of rotatable bonds is 3. The lowest BCUT2D eigenvalue weighted by Gasteiger charge is -2.55. The number of carbonyl (C=O) groups is 1. The predicted molar refractivity (Wildman–Crippen MR) is 90.8 cm³/mol. The third-order valence-corrected chi connectivity index (χ3v) is 5.05. The van der Waals surface area contributed by atoms with E-state index in [1.807, 2.05) is 66.9 Å². The first-order chi connectivity index (χ1) is 9.71. The number of nitrogens with two attached hydrogens (primary N) is 1. The van der Waals surface area contributed by atoms with Crippen LogP contribution in [-0.4, -0.2) is 18.2 Å². The summed E-state index contributed by atoms with van der Waals surface area (Å²) in [5.41, 5.74) is 8.10. The van der Waals surface area contributed by atoms with Crippen molar-refractivity contribution in [1.82, 2.24) is 0 Å². The van der Waals surface area contributed by atoms with Crippen molar-refractivity contribution in [3.05, 3.63) is 66.2 Å². The van der Waals surface area contributed by atoms with Crippen LogP contribution in [0.1, 0.15) is 5.56 Å². The molecule has 0 spiro atoms. The summed E-state index contributed by atoms with van der Waals surface area (Å²) >= 11 is 1.61. The Morgan fingerprint density at radius 2 is 1.57 bits per heavy atom. The SMILES string of the molecule is CS[C@@]1(c2ccccc2)[C@@H](N)C(=O)N1c1ccccc1.Cl. The maximum absolute atomic E-state index is 12.3. The van der Waals surface area contributed by atoms with Gasteiger partial charge in [0, 0.05) is 5.69 Å². The summed E-state index contributed by atoms with van der Waals surface area (Å²) in [4.78, 5) is 13.6. The van der Waals surface area contributed by atoms with E-state index >= 15 is 0 Å². The lowest BCUT2D eigenvalue weighted by atomic mass is 9.87. The molecule has 0 aromatic heterocycles. The Bertz CT molecular complexity index is 623. The van der Waals surface area contributed by atoms with Gasteiger partial charge in [-0.3, -0.25) is 9.69 Å². The number of hydrogen-bond donors (Lipinski definition) is 1. The van der Waals surface area contributed by atoms with Crippen LogP contribution in [0, 0.1) is 0 Å². The lowest BCUT2D eigenvalue weighted by Crippen LogP contribution is -2.74. The number of nitrogens with zero attached hydrogens (tertiary/aromatic N) is 1. The van der Waals surface area contributed by atoms with Gasteiger partial charge in [0.1, 0.15) is 10.9 Å².